The van der Waals surface area contributed by atoms with E-state index < -0.39 is 10.0 Å². The zero-order valence-corrected chi connectivity index (χ0v) is 12.3. The maximum atomic E-state index is 12.5. The van der Waals surface area contributed by atoms with Gasteiger partial charge >= 0.3 is 0 Å². The Hall–Kier alpha value is -1.11. The van der Waals surface area contributed by atoms with Crippen LogP contribution in [0.5, 0.6) is 0 Å². The predicted molar refractivity (Wildman–Crippen MR) is 76.3 cm³/mol. The number of aryl methyl sites for hydroxylation is 1. The summed E-state index contributed by atoms with van der Waals surface area (Å²) < 4.78 is 26.3. The van der Waals surface area contributed by atoms with Gasteiger partial charge in [0.25, 0.3) is 0 Å². The van der Waals surface area contributed by atoms with Gasteiger partial charge in [-0.15, -0.1) is 0 Å². The van der Waals surface area contributed by atoms with Crippen LogP contribution in [-0.2, 0) is 10.0 Å². The number of nitrogens with zero attached hydrogens (tertiary/aromatic N) is 1. The first kappa shape index (κ1) is 15.9. The summed E-state index contributed by atoms with van der Waals surface area (Å²) in [5.74, 6) is 0. The van der Waals surface area contributed by atoms with Crippen molar-refractivity contribution in [3.05, 3.63) is 23.8 Å². The number of nitrogens with two attached hydrogens (primary N) is 1. The Morgan fingerprint density at radius 3 is 2.47 bits per heavy atom. The Kier molecular flexibility index (Phi) is 5.78. The Bertz CT molecular complexity index is 494. The van der Waals surface area contributed by atoms with Gasteiger partial charge in [0.05, 0.1) is 11.5 Å². The number of anilines is 1. The first-order valence-electron chi connectivity index (χ1n) is 6.40. The highest BCUT2D eigenvalue weighted by Crippen LogP contribution is 2.20. The molecule has 0 aliphatic heterocycles. The van der Waals surface area contributed by atoms with Crippen molar-refractivity contribution in [1.29, 1.82) is 0 Å². The Morgan fingerprint density at radius 1 is 1.26 bits per heavy atom. The molecule has 1 aromatic rings. The average molecular weight is 286 g/mol. The summed E-state index contributed by atoms with van der Waals surface area (Å²) in [7, 11) is -3.59. The normalized spacial score (nSPS) is 12.0. The molecule has 0 bridgehead atoms. The molecular formula is C13H22N2O3S. The van der Waals surface area contributed by atoms with Gasteiger partial charge in [-0.05, 0) is 37.1 Å². The van der Waals surface area contributed by atoms with Crippen molar-refractivity contribution in [2.45, 2.75) is 31.6 Å². The van der Waals surface area contributed by atoms with Crippen molar-refractivity contribution < 1.29 is 13.5 Å². The molecule has 0 aliphatic rings. The van der Waals surface area contributed by atoms with Crippen LogP contribution in [0.2, 0.25) is 0 Å². The number of benzene rings is 1. The van der Waals surface area contributed by atoms with Crippen LogP contribution in [0.4, 0.5) is 5.69 Å². The van der Waals surface area contributed by atoms with Gasteiger partial charge in [-0.1, -0.05) is 13.3 Å². The first-order valence-corrected chi connectivity index (χ1v) is 7.84. The van der Waals surface area contributed by atoms with Crippen LogP contribution in [0.15, 0.2) is 23.1 Å². The minimum atomic E-state index is -3.59. The summed E-state index contributed by atoms with van der Waals surface area (Å²) in [6, 6.07) is 4.78. The molecule has 0 atom stereocenters. The molecule has 0 saturated carbocycles. The fourth-order valence-electron chi connectivity index (χ4n) is 1.87. The second-order valence-corrected chi connectivity index (χ2v) is 6.50. The molecule has 0 aromatic heterocycles. The van der Waals surface area contributed by atoms with E-state index in [2.05, 4.69) is 0 Å². The molecule has 1 aromatic carbocycles. The van der Waals surface area contributed by atoms with Crippen molar-refractivity contribution in [3.63, 3.8) is 0 Å². The monoisotopic (exact) mass is 286 g/mol. The standard InChI is InChI=1S/C13H22N2O3S/c1-3-4-5-15(6-7-16)19(17,18)13-9-11(2)8-12(14)10-13/h8-10,16H,3-7,14H2,1-2H3. The van der Waals surface area contributed by atoms with Crippen LogP contribution in [0.3, 0.4) is 0 Å². The van der Waals surface area contributed by atoms with E-state index >= 15 is 0 Å². The Balaban J connectivity index is 3.10. The highest BCUT2D eigenvalue weighted by atomic mass is 32.2. The summed E-state index contributed by atoms with van der Waals surface area (Å²) in [6.45, 7) is 4.12. The van der Waals surface area contributed by atoms with Crippen LogP contribution >= 0.6 is 0 Å². The smallest absolute Gasteiger partial charge is 0.243 e. The van der Waals surface area contributed by atoms with Crippen molar-refractivity contribution in [1.82, 2.24) is 4.31 Å². The molecule has 3 N–H and O–H groups in total. The first-order chi connectivity index (χ1) is 8.91. The fraction of sp³-hybridized carbons (Fsp3) is 0.538. The van der Waals surface area contributed by atoms with Gasteiger partial charge in [-0.25, -0.2) is 8.42 Å². The molecule has 0 radical (unpaired) electrons. The van der Waals surface area contributed by atoms with Gasteiger partial charge in [0, 0.05) is 18.8 Å². The molecule has 0 saturated heterocycles. The summed E-state index contributed by atoms with van der Waals surface area (Å²) in [6.07, 6.45) is 1.66. The lowest BCUT2D eigenvalue weighted by Gasteiger charge is -2.21. The summed E-state index contributed by atoms with van der Waals surface area (Å²) in [4.78, 5) is 0.189. The summed E-state index contributed by atoms with van der Waals surface area (Å²) in [5.41, 5.74) is 6.93. The van der Waals surface area contributed by atoms with Crippen LogP contribution in [0.1, 0.15) is 25.3 Å². The zero-order chi connectivity index (χ0) is 14.5. The largest absolute Gasteiger partial charge is 0.399 e. The number of sulfonamides is 1. The molecule has 6 heteroatoms. The van der Waals surface area contributed by atoms with E-state index in [0.717, 1.165) is 18.4 Å². The van der Waals surface area contributed by atoms with Crippen molar-refractivity contribution in [3.8, 4) is 0 Å². The second kappa shape index (κ2) is 6.88. The summed E-state index contributed by atoms with van der Waals surface area (Å²) >= 11 is 0. The van der Waals surface area contributed by atoms with E-state index in [1.807, 2.05) is 6.92 Å². The fourth-order valence-corrected chi connectivity index (χ4v) is 3.48. The van der Waals surface area contributed by atoms with Crippen LogP contribution in [-0.4, -0.2) is 37.5 Å². The number of aliphatic hydroxyl groups excluding tert-OH is 1. The lowest BCUT2D eigenvalue weighted by atomic mass is 10.2. The minimum absolute atomic E-state index is 0.107. The van der Waals surface area contributed by atoms with Gasteiger partial charge in [0.15, 0.2) is 0 Å². The van der Waals surface area contributed by atoms with Gasteiger partial charge in [0.1, 0.15) is 0 Å². The van der Waals surface area contributed by atoms with Crippen molar-refractivity contribution >= 4 is 15.7 Å². The third-order valence-electron chi connectivity index (χ3n) is 2.82. The van der Waals surface area contributed by atoms with E-state index in [-0.39, 0.29) is 18.0 Å². The van der Waals surface area contributed by atoms with Gasteiger partial charge in [0.2, 0.25) is 10.0 Å². The van der Waals surface area contributed by atoms with Crippen LogP contribution in [0.25, 0.3) is 0 Å². The van der Waals surface area contributed by atoms with E-state index in [4.69, 9.17) is 10.8 Å². The van der Waals surface area contributed by atoms with Crippen molar-refractivity contribution in [2.24, 2.45) is 0 Å². The van der Waals surface area contributed by atoms with Gasteiger partial charge < -0.3 is 10.8 Å². The topological polar surface area (TPSA) is 83.6 Å². The molecule has 19 heavy (non-hydrogen) atoms. The number of rotatable bonds is 7. The highest BCUT2D eigenvalue weighted by molar-refractivity contribution is 7.89. The number of unbranched alkanes of at least 4 members (excludes halogenated alkanes) is 1. The Morgan fingerprint density at radius 2 is 1.95 bits per heavy atom. The minimum Gasteiger partial charge on any atom is -0.399 e. The molecule has 0 amide bonds. The molecule has 5 nitrogen and oxygen atoms in total. The summed E-state index contributed by atoms with van der Waals surface area (Å²) in [5, 5.41) is 9.02. The van der Waals surface area contributed by atoms with Crippen LogP contribution < -0.4 is 5.73 Å². The predicted octanol–water partition coefficient (Wildman–Crippen LogP) is 1.36. The molecular weight excluding hydrogens is 264 g/mol. The van der Waals surface area contributed by atoms with Crippen LogP contribution in [0, 0.1) is 6.92 Å². The van der Waals surface area contributed by atoms with E-state index in [1.165, 1.54) is 10.4 Å². The van der Waals surface area contributed by atoms with E-state index in [1.54, 1.807) is 19.1 Å². The lowest BCUT2D eigenvalue weighted by molar-refractivity contribution is 0.252. The molecule has 0 aliphatic carbocycles. The molecule has 0 unspecified atom stereocenters. The average Bonchev–Trinajstić information content (AvgIpc) is 2.33. The van der Waals surface area contributed by atoms with E-state index in [9.17, 15) is 8.42 Å². The molecule has 108 valence electrons. The third-order valence-corrected chi connectivity index (χ3v) is 4.70. The number of hydrogen-bond acceptors (Lipinski definition) is 4. The lowest BCUT2D eigenvalue weighted by Crippen LogP contribution is -2.34. The highest BCUT2D eigenvalue weighted by Gasteiger charge is 2.23. The quantitative estimate of drug-likeness (QED) is 0.741. The van der Waals surface area contributed by atoms with E-state index in [0.29, 0.717) is 12.2 Å². The Labute approximate surface area is 115 Å². The van der Waals surface area contributed by atoms with Crippen molar-refractivity contribution in [2.75, 3.05) is 25.4 Å². The molecule has 1 rings (SSSR count). The van der Waals surface area contributed by atoms with Gasteiger partial charge in [-0.3, -0.25) is 0 Å². The number of nitrogen functional groups attached to an aromatic ring is 1. The second-order valence-electron chi connectivity index (χ2n) is 4.56. The maximum absolute atomic E-state index is 12.5. The molecule has 0 fully saturated rings. The maximum Gasteiger partial charge on any atom is 0.243 e. The SMILES string of the molecule is CCCCN(CCO)S(=O)(=O)c1cc(C)cc(N)c1. The number of hydrogen-bond donors (Lipinski definition) is 2. The molecule has 0 spiro atoms. The molecule has 0 heterocycles. The third kappa shape index (κ3) is 4.19. The number of aliphatic hydroxyl groups is 1. The van der Waals surface area contributed by atoms with Gasteiger partial charge in [-0.2, -0.15) is 4.31 Å². The zero-order valence-electron chi connectivity index (χ0n) is 11.5.